The molecule has 0 fully saturated rings. The van der Waals surface area contributed by atoms with Crippen LogP contribution in [0, 0.1) is 11.8 Å². The minimum absolute atomic E-state index is 0.150. The molecule has 0 saturated carbocycles. The van der Waals surface area contributed by atoms with Crippen molar-refractivity contribution in [3.63, 3.8) is 0 Å². The predicted molar refractivity (Wildman–Crippen MR) is 92.5 cm³/mol. The highest BCUT2D eigenvalue weighted by Gasteiger charge is 2.40. The first-order valence-corrected chi connectivity index (χ1v) is 10.7. The quantitative estimate of drug-likeness (QED) is 0.432. The minimum Gasteiger partial charge on any atom is -0.469 e. The Morgan fingerprint density at radius 2 is 1.86 bits per heavy atom. The third kappa shape index (κ3) is 4.30. The molecule has 0 aliphatic carbocycles. The van der Waals surface area contributed by atoms with E-state index in [1.807, 2.05) is 6.08 Å². The second-order valence-corrected chi connectivity index (χ2v) is 11.2. The highest BCUT2D eigenvalue weighted by atomic mass is 28.3. The Bertz CT molecular complexity index is 465. The Labute approximate surface area is 130 Å². The Kier molecular flexibility index (Phi) is 6.40. The molecule has 0 heterocycles. The lowest BCUT2D eigenvalue weighted by Crippen LogP contribution is -2.50. The van der Waals surface area contributed by atoms with Crippen LogP contribution in [0.25, 0.3) is 0 Å². The molecule has 116 valence electrons. The fraction of sp³-hybridized carbons (Fsp3) is 0.500. The normalized spacial score (nSPS) is 14.6. The van der Waals surface area contributed by atoms with Crippen LogP contribution in [-0.4, -0.2) is 21.2 Å². The van der Waals surface area contributed by atoms with Crippen molar-refractivity contribution in [1.29, 1.82) is 0 Å². The monoisotopic (exact) mass is 304 g/mol. The largest absolute Gasteiger partial charge is 0.469 e. The van der Waals surface area contributed by atoms with Crippen molar-refractivity contribution in [1.82, 2.24) is 0 Å². The zero-order valence-electron chi connectivity index (χ0n) is 13.9. The molecule has 0 aliphatic rings. The van der Waals surface area contributed by atoms with Gasteiger partial charge < -0.3 is 4.74 Å². The van der Waals surface area contributed by atoms with Gasteiger partial charge in [0, 0.05) is 0 Å². The maximum Gasteiger partial charge on any atom is 0.306 e. The van der Waals surface area contributed by atoms with E-state index in [1.165, 1.54) is 12.3 Å². The number of rotatable bonds is 7. The molecule has 1 aromatic rings. The van der Waals surface area contributed by atoms with Gasteiger partial charge in [0.1, 0.15) is 0 Å². The average Bonchev–Trinajstić information content (AvgIpc) is 2.46. The number of esters is 1. The number of carbonyl (C=O) groups is 1. The standard InChI is InChI=1S/C18H28O2Si/c1-7-15(13-17(19)20-4)18(14(2)3)21(5,6)16-11-9-8-10-12-16/h7-12,14-15,18H,1,13H2,2-6H3/t15-,18-/m1/s1. The third-order valence-corrected chi connectivity index (χ3v) is 9.05. The molecule has 0 spiro atoms. The molecular formula is C18H28O2Si. The molecule has 0 aromatic heterocycles. The first kappa shape index (κ1) is 17.7. The molecule has 0 radical (unpaired) electrons. The average molecular weight is 305 g/mol. The van der Waals surface area contributed by atoms with Crippen LogP contribution in [0.5, 0.6) is 0 Å². The number of methoxy groups -OCH3 is 1. The van der Waals surface area contributed by atoms with E-state index in [4.69, 9.17) is 4.74 Å². The summed E-state index contributed by atoms with van der Waals surface area (Å²) in [5.41, 5.74) is 0.455. The summed E-state index contributed by atoms with van der Waals surface area (Å²) in [5.74, 6) is 0.516. The van der Waals surface area contributed by atoms with Crippen LogP contribution in [0.15, 0.2) is 43.0 Å². The summed E-state index contributed by atoms with van der Waals surface area (Å²) in [7, 11) is -0.264. The van der Waals surface area contributed by atoms with Crippen molar-refractivity contribution in [2.75, 3.05) is 7.11 Å². The zero-order chi connectivity index (χ0) is 16.0. The molecule has 0 saturated heterocycles. The van der Waals surface area contributed by atoms with E-state index in [2.05, 4.69) is 63.9 Å². The van der Waals surface area contributed by atoms with Crippen molar-refractivity contribution >= 4 is 19.2 Å². The SMILES string of the molecule is C=C[C@H](CC(=O)OC)[C@@H](C(C)C)[Si](C)(C)c1ccccc1. The van der Waals surface area contributed by atoms with E-state index < -0.39 is 8.07 Å². The Hall–Kier alpha value is -1.35. The molecule has 1 aromatic carbocycles. The van der Waals surface area contributed by atoms with Crippen molar-refractivity contribution in [3.8, 4) is 0 Å². The molecule has 2 atom stereocenters. The van der Waals surface area contributed by atoms with Gasteiger partial charge >= 0.3 is 5.97 Å². The molecule has 2 nitrogen and oxygen atoms in total. The smallest absolute Gasteiger partial charge is 0.306 e. The van der Waals surface area contributed by atoms with Crippen LogP contribution >= 0.6 is 0 Å². The maximum atomic E-state index is 11.7. The lowest BCUT2D eigenvalue weighted by molar-refractivity contribution is -0.141. The summed E-state index contributed by atoms with van der Waals surface area (Å²) in [5, 5.41) is 1.43. The van der Waals surface area contributed by atoms with Crippen molar-refractivity contribution in [3.05, 3.63) is 43.0 Å². The van der Waals surface area contributed by atoms with Gasteiger partial charge in [0.05, 0.1) is 21.6 Å². The summed E-state index contributed by atoms with van der Waals surface area (Å²) in [4.78, 5) is 11.7. The number of ether oxygens (including phenoxy) is 1. The van der Waals surface area contributed by atoms with Crippen molar-refractivity contribution < 1.29 is 9.53 Å². The van der Waals surface area contributed by atoms with Gasteiger partial charge in [-0.25, -0.2) is 0 Å². The van der Waals surface area contributed by atoms with Gasteiger partial charge in [0.15, 0.2) is 0 Å². The van der Waals surface area contributed by atoms with E-state index in [0.29, 0.717) is 17.9 Å². The minimum atomic E-state index is -1.71. The van der Waals surface area contributed by atoms with Crippen LogP contribution in [0.3, 0.4) is 0 Å². The zero-order valence-corrected chi connectivity index (χ0v) is 14.9. The number of hydrogen-bond acceptors (Lipinski definition) is 2. The highest BCUT2D eigenvalue weighted by molar-refractivity contribution is 6.91. The first-order chi connectivity index (χ1) is 9.84. The molecular weight excluding hydrogens is 276 g/mol. The van der Waals surface area contributed by atoms with Gasteiger partial charge in [-0.3, -0.25) is 4.79 Å². The number of benzene rings is 1. The Balaban J connectivity index is 3.15. The van der Waals surface area contributed by atoms with E-state index in [1.54, 1.807) is 0 Å². The van der Waals surface area contributed by atoms with Crippen LogP contribution < -0.4 is 5.19 Å². The Morgan fingerprint density at radius 3 is 2.29 bits per heavy atom. The Morgan fingerprint density at radius 1 is 1.29 bits per heavy atom. The number of hydrogen-bond donors (Lipinski definition) is 0. The van der Waals surface area contributed by atoms with E-state index in [9.17, 15) is 4.79 Å². The summed E-state index contributed by atoms with van der Waals surface area (Å²) in [6, 6.07) is 10.7. The number of allylic oxidation sites excluding steroid dienone is 1. The maximum absolute atomic E-state index is 11.7. The van der Waals surface area contributed by atoms with Crippen molar-refractivity contribution in [2.24, 2.45) is 11.8 Å². The molecule has 3 heteroatoms. The molecule has 0 amide bonds. The van der Waals surface area contributed by atoms with E-state index in [-0.39, 0.29) is 11.9 Å². The molecule has 0 aliphatic heterocycles. The van der Waals surface area contributed by atoms with Crippen LogP contribution in [0.1, 0.15) is 20.3 Å². The molecule has 0 unspecified atom stereocenters. The van der Waals surface area contributed by atoms with Gasteiger partial charge in [-0.1, -0.05) is 68.5 Å². The predicted octanol–water partition coefficient (Wildman–Crippen LogP) is 3.99. The second-order valence-electron chi connectivity index (χ2n) is 6.54. The third-order valence-electron chi connectivity index (χ3n) is 4.46. The van der Waals surface area contributed by atoms with Gasteiger partial charge in [0.25, 0.3) is 0 Å². The van der Waals surface area contributed by atoms with Crippen LogP contribution in [-0.2, 0) is 9.53 Å². The molecule has 0 N–H and O–H groups in total. The van der Waals surface area contributed by atoms with Crippen molar-refractivity contribution in [2.45, 2.75) is 38.9 Å². The summed E-state index contributed by atoms with van der Waals surface area (Å²) >= 11 is 0. The molecule has 0 bridgehead atoms. The van der Waals surface area contributed by atoms with E-state index in [0.717, 1.165) is 0 Å². The fourth-order valence-corrected chi connectivity index (χ4v) is 7.98. The van der Waals surface area contributed by atoms with Gasteiger partial charge in [-0.15, -0.1) is 6.58 Å². The fourth-order valence-electron chi connectivity index (χ4n) is 3.56. The summed E-state index contributed by atoms with van der Waals surface area (Å²) in [6.07, 6.45) is 2.37. The molecule has 21 heavy (non-hydrogen) atoms. The summed E-state index contributed by atoms with van der Waals surface area (Å²) in [6.45, 7) is 13.2. The topological polar surface area (TPSA) is 26.3 Å². The van der Waals surface area contributed by atoms with Crippen LogP contribution in [0.4, 0.5) is 0 Å². The first-order valence-electron chi connectivity index (χ1n) is 7.59. The van der Waals surface area contributed by atoms with Crippen LogP contribution in [0.2, 0.25) is 18.6 Å². The highest BCUT2D eigenvalue weighted by Crippen LogP contribution is 2.39. The van der Waals surface area contributed by atoms with Gasteiger partial charge in [0.2, 0.25) is 0 Å². The number of carbonyl (C=O) groups excluding carboxylic acids is 1. The van der Waals surface area contributed by atoms with Gasteiger partial charge in [-0.2, -0.15) is 0 Å². The summed E-state index contributed by atoms with van der Waals surface area (Å²) < 4.78 is 4.86. The lowest BCUT2D eigenvalue weighted by atomic mass is 9.93. The lowest BCUT2D eigenvalue weighted by Gasteiger charge is -2.40. The van der Waals surface area contributed by atoms with Gasteiger partial charge in [-0.05, 0) is 17.4 Å². The molecule has 1 rings (SSSR count). The van der Waals surface area contributed by atoms with E-state index >= 15 is 0 Å². The second kappa shape index (κ2) is 7.60.